The minimum atomic E-state index is -4.54. The number of carbonyl (C=O) groups excluding carboxylic acids is 1. The molecule has 0 saturated heterocycles. The monoisotopic (exact) mass is 401 g/mol. The summed E-state index contributed by atoms with van der Waals surface area (Å²) in [4.78, 5) is 17.7. The molecule has 6 nitrogen and oxygen atoms in total. The fourth-order valence-electron chi connectivity index (χ4n) is 2.57. The van der Waals surface area contributed by atoms with Gasteiger partial charge in [-0.1, -0.05) is 0 Å². The topological polar surface area (TPSA) is 63.7 Å². The minimum Gasteiger partial charge on any atom is -0.497 e. The van der Waals surface area contributed by atoms with Gasteiger partial charge in [0.05, 0.1) is 20.8 Å². The first kappa shape index (κ1) is 19.3. The normalized spacial score (nSPS) is 14.0. The number of hydrogen-bond acceptors (Lipinski definition) is 5. The summed E-state index contributed by atoms with van der Waals surface area (Å²) in [5.74, 6) is 1.22. The van der Waals surface area contributed by atoms with Gasteiger partial charge in [0.2, 0.25) is 0 Å². The number of urea groups is 1. The highest BCUT2D eigenvalue weighted by atomic mass is 32.1. The van der Waals surface area contributed by atoms with E-state index in [9.17, 15) is 18.0 Å². The summed E-state index contributed by atoms with van der Waals surface area (Å²) >= 11 is 0.740. The smallest absolute Gasteiger partial charge is 0.434 e. The van der Waals surface area contributed by atoms with Crippen molar-refractivity contribution in [2.24, 2.45) is 0 Å². The Morgan fingerprint density at radius 2 is 2.07 bits per heavy atom. The number of halogens is 3. The molecule has 0 radical (unpaired) electrons. The maximum absolute atomic E-state index is 12.7. The van der Waals surface area contributed by atoms with Crippen LogP contribution in [0.5, 0.6) is 11.5 Å². The van der Waals surface area contributed by atoms with E-state index in [0.717, 1.165) is 35.1 Å². The van der Waals surface area contributed by atoms with Crippen LogP contribution in [0.1, 0.15) is 24.1 Å². The van der Waals surface area contributed by atoms with Crippen molar-refractivity contribution in [3.05, 3.63) is 34.8 Å². The second-order valence-corrected chi connectivity index (χ2v) is 6.86. The van der Waals surface area contributed by atoms with Crippen LogP contribution in [0.15, 0.2) is 23.6 Å². The molecular weight excluding hydrogens is 383 g/mol. The van der Waals surface area contributed by atoms with E-state index in [1.165, 1.54) is 14.2 Å². The van der Waals surface area contributed by atoms with Crippen molar-refractivity contribution < 1.29 is 27.4 Å². The SMILES string of the molecule is COc1ccc(OC)c(CN(C(=O)Nc2nc(C(F)(F)F)cs2)C2CC2)c1. The van der Waals surface area contributed by atoms with Crippen molar-refractivity contribution in [3.8, 4) is 11.5 Å². The molecule has 1 aliphatic carbocycles. The van der Waals surface area contributed by atoms with Crippen LogP contribution in [0.3, 0.4) is 0 Å². The van der Waals surface area contributed by atoms with E-state index in [2.05, 4.69) is 10.3 Å². The summed E-state index contributed by atoms with van der Waals surface area (Å²) in [7, 11) is 3.07. The maximum atomic E-state index is 12.7. The van der Waals surface area contributed by atoms with Crippen molar-refractivity contribution in [1.82, 2.24) is 9.88 Å². The molecular formula is C17H18F3N3O3S. The van der Waals surface area contributed by atoms with Crippen LogP contribution in [0.25, 0.3) is 0 Å². The number of benzene rings is 1. The van der Waals surface area contributed by atoms with E-state index < -0.39 is 17.9 Å². The fraction of sp³-hybridized carbons (Fsp3) is 0.412. The Kier molecular flexibility index (Phi) is 5.45. The lowest BCUT2D eigenvalue weighted by atomic mass is 10.1. The highest BCUT2D eigenvalue weighted by molar-refractivity contribution is 7.13. The number of anilines is 1. The van der Waals surface area contributed by atoms with Gasteiger partial charge in [0.1, 0.15) is 11.5 Å². The van der Waals surface area contributed by atoms with Gasteiger partial charge in [-0.25, -0.2) is 9.78 Å². The lowest BCUT2D eigenvalue weighted by Crippen LogP contribution is -2.36. The number of amides is 2. The van der Waals surface area contributed by atoms with Crippen LogP contribution in [-0.4, -0.2) is 36.2 Å². The van der Waals surface area contributed by atoms with Gasteiger partial charge in [0, 0.05) is 17.0 Å². The molecule has 0 unspecified atom stereocenters. The van der Waals surface area contributed by atoms with Gasteiger partial charge >= 0.3 is 12.2 Å². The number of carbonyl (C=O) groups is 1. The third-order valence-electron chi connectivity index (χ3n) is 4.09. The van der Waals surface area contributed by atoms with E-state index in [0.29, 0.717) is 11.5 Å². The molecule has 10 heteroatoms. The average Bonchev–Trinajstić information content (AvgIpc) is 3.36. The first-order valence-electron chi connectivity index (χ1n) is 8.13. The zero-order valence-electron chi connectivity index (χ0n) is 14.7. The van der Waals surface area contributed by atoms with Crippen LogP contribution in [0.4, 0.5) is 23.1 Å². The zero-order chi connectivity index (χ0) is 19.6. The van der Waals surface area contributed by atoms with Crippen molar-refractivity contribution in [1.29, 1.82) is 0 Å². The maximum Gasteiger partial charge on any atom is 0.434 e. The molecule has 0 spiro atoms. The third-order valence-corrected chi connectivity index (χ3v) is 4.84. The Hall–Kier alpha value is -2.49. The number of aromatic nitrogens is 1. The number of nitrogens with zero attached hydrogens (tertiary/aromatic N) is 2. The quantitative estimate of drug-likeness (QED) is 0.781. The van der Waals surface area contributed by atoms with E-state index >= 15 is 0 Å². The van der Waals surface area contributed by atoms with Gasteiger partial charge in [-0.3, -0.25) is 5.32 Å². The zero-order valence-corrected chi connectivity index (χ0v) is 15.5. The average molecular weight is 401 g/mol. The molecule has 1 aromatic carbocycles. The molecule has 27 heavy (non-hydrogen) atoms. The van der Waals surface area contributed by atoms with Crippen LogP contribution < -0.4 is 14.8 Å². The van der Waals surface area contributed by atoms with Gasteiger partial charge in [-0.15, -0.1) is 11.3 Å². The summed E-state index contributed by atoms with van der Waals surface area (Å²) in [6.07, 6.45) is -2.86. The van der Waals surface area contributed by atoms with Gasteiger partial charge in [0.15, 0.2) is 10.8 Å². The van der Waals surface area contributed by atoms with Gasteiger partial charge in [-0.05, 0) is 31.0 Å². The third kappa shape index (κ3) is 4.62. The molecule has 3 rings (SSSR count). The molecule has 0 atom stereocenters. The number of hydrogen-bond donors (Lipinski definition) is 1. The molecule has 146 valence electrons. The Bertz CT molecular complexity index is 821. The van der Waals surface area contributed by atoms with Crippen LogP contribution in [0, 0.1) is 0 Å². The number of methoxy groups -OCH3 is 2. The standard InChI is InChI=1S/C17H18F3N3O3S/c1-25-12-5-6-13(26-2)10(7-12)8-23(11-3-4-11)16(24)22-15-21-14(9-27-15)17(18,19)20/h5-7,9,11H,3-4,8H2,1-2H3,(H,21,22,24). The van der Waals surface area contributed by atoms with Crippen molar-refractivity contribution in [2.75, 3.05) is 19.5 Å². The molecule has 1 saturated carbocycles. The molecule has 2 aromatic rings. The molecule has 0 aliphatic heterocycles. The molecule has 1 aliphatic rings. The Morgan fingerprint density at radius 1 is 1.33 bits per heavy atom. The van der Waals surface area contributed by atoms with Crippen LogP contribution in [-0.2, 0) is 12.7 Å². The first-order valence-corrected chi connectivity index (χ1v) is 9.01. The highest BCUT2D eigenvalue weighted by Crippen LogP contribution is 2.34. The number of rotatable bonds is 6. The largest absolute Gasteiger partial charge is 0.497 e. The summed E-state index contributed by atoms with van der Waals surface area (Å²) in [5.41, 5.74) is -0.274. The minimum absolute atomic E-state index is 0.0305. The molecule has 1 heterocycles. The number of alkyl halides is 3. The van der Waals surface area contributed by atoms with Crippen molar-refractivity contribution in [3.63, 3.8) is 0 Å². The van der Waals surface area contributed by atoms with Gasteiger partial charge < -0.3 is 14.4 Å². The molecule has 0 bridgehead atoms. The van der Waals surface area contributed by atoms with Crippen LogP contribution in [0.2, 0.25) is 0 Å². The second kappa shape index (κ2) is 7.63. The lowest BCUT2D eigenvalue weighted by Gasteiger charge is -2.23. The Balaban J connectivity index is 1.76. The summed E-state index contributed by atoms with van der Waals surface area (Å²) in [6.45, 7) is 0.244. The Labute approximate surface area is 157 Å². The predicted octanol–water partition coefficient (Wildman–Crippen LogP) is 4.38. The molecule has 1 fully saturated rings. The van der Waals surface area contributed by atoms with E-state index in [1.54, 1.807) is 23.1 Å². The summed E-state index contributed by atoms with van der Waals surface area (Å²) in [6, 6.07) is 4.80. The Morgan fingerprint density at radius 3 is 2.63 bits per heavy atom. The number of nitrogens with one attached hydrogen (secondary N) is 1. The lowest BCUT2D eigenvalue weighted by molar-refractivity contribution is -0.140. The first-order chi connectivity index (χ1) is 12.8. The fourth-order valence-corrected chi connectivity index (χ4v) is 3.27. The van der Waals surface area contributed by atoms with E-state index in [-0.39, 0.29) is 17.7 Å². The molecule has 1 aromatic heterocycles. The van der Waals surface area contributed by atoms with Gasteiger partial charge in [0.25, 0.3) is 0 Å². The number of ether oxygens (including phenoxy) is 2. The predicted molar refractivity (Wildman–Crippen MR) is 94.2 cm³/mol. The summed E-state index contributed by atoms with van der Waals surface area (Å²) in [5, 5.41) is 3.25. The van der Waals surface area contributed by atoms with E-state index in [4.69, 9.17) is 9.47 Å². The second-order valence-electron chi connectivity index (χ2n) is 6.00. The highest BCUT2D eigenvalue weighted by Gasteiger charge is 2.36. The van der Waals surface area contributed by atoms with E-state index in [1.807, 2.05) is 0 Å². The van der Waals surface area contributed by atoms with Gasteiger partial charge in [-0.2, -0.15) is 13.2 Å². The van der Waals surface area contributed by atoms with Crippen molar-refractivity contribution in [2.45, 2.75) is 31.6 Å². The molecule has 2 amide bonds. The number of thiazole rings is 1. The van der Waals surface area contributed by atoms with Crippen molar-refractivity contribution >= 4 is 22.5 Å². The summed E-state index contributed by atoms with van der Waals surface area (Å²) < 4.78 is 48.6. The van der Waals surface area contributed by atoms with Crippen LogP contribution >= 0.6 is 11.3 Å². The molecule has 1 N–H and O–H groups in total.